The summed E-state index contributed by atoms with van der Waals surface area (Å²) in [5.41, 5.74) is 2.93. The molecule has 4 rings (SSSR count). The molecule has 2 atom stereocenters. The lowest BCUT2D eigenvalue weighted by Gasteiger charge is -2.58. The summed E-state index contributed by atoms with van der Waals surface area (Å²) in [5, 5.41) is 10.6. The van der Waals surface area contributed by atoms with Gasteiger partial charge in [0.05, 0.1) is 11.0 Å². The molecule has 3 N–H and O–H groups in total. The van der Waals surface area contributed by atoms with E-state index in [9.17, 15) is 19.5 Å². The second-order valence-corrected chi connectivity index (χ2v) is 7.27. The number of aliphatic hydroxyl groups is 1. The number of hydrogen-bond acceptors (Lipinski definition) is 5. The van der Waals surface area contributed by atoms with Gasteiger partial charge in [0.15, 0.2) is 6.61 Å². The van der Waals surface area contributed by atoms with E-state index in [0.29, 0.717) is 18.3 Å². The first kappa shape index (κ1) is 15.3. The Morgan fingerprint density at radius 1 is 1.14 bits per heavy atom. The van der Waals surface area contributed by atoms with Gasteiger partial charge < -0.3 is 9.84 Å². The Hall–Kier alpha value is -1.63. The van der Waals surface area contributed by atoms with Crippen LogP contribution in [0, 0.1) is 17.3 Å². The van der Waals surface area contributed by atoms with E-state index in [1.165, 1.54) is 6.92 Å². The minimum atomic E-state index is -0.735. The van der Waals surface area contributed by atoms with Crippen molar-refractivity contribution in [2.75, 3.05) is 6.61 Å². The molecule has 0 saturated heterocycles. The minimum Gasteiger partial charge on any atom is -0.455 e. The third kappa shape index (κ3) is 2.82. The zero-order valence-electron chi connectivity index (χ0n) is 12.7. The fourth-order valence-electron chi connectivity index (χ4n) is 4.93. The molecule has 4 aliphatic carbocycles. The molecule has 122 valence electrons. The first-order valence-electron chi connectivity index (χ1n) is 7.75. The molecule has 0 unspecified atom stereocenters. The van der Waals surface area contributed by atoms with Crippen molar-refractivity contribution in [1.82, 2.24) is 10.9 Å². The van der Waals surface area contributed by atoms with Crippen LogP contribution in [0.2, 0.25) is 0 Å². The van der Waals surface area contributed by atoms with Gasteiger partial charge in [-0.05, 0) is 50.4 Å². The van der Waals surface area contributed by atoms with Crippen molar-refractivity contribution in [3.63, 3.8) is 0 Å². The van der Waals surface area contributed by atoms with Crippen molar-refractivity contribution < 1.29 is 24.2 Å². The van der Waals surface area contributed by atoms with Crippen LogP contribution in [-0.2, 0) is 19.1 Å². The topological polar surface area (TPSA) is 105 Å². The van der Waals surface area contributed by atoms with E-state index in [0.717, 1.165) is 32.1 Å². The number of esters is 1. The van der Waals surface area contributed by atoms with Gasteiger partial charge in [0.1, 0.15) is 0 Å². The van der Waals surface area contributed by atoms with Crippen LogP contribution in [0.25, 0.3) is 0 Å². The maximum Gasteiger partial charge on any atom is 0.312 e. The smallest absolute Gasteiger partial charge is 0.312 e. The molecule has 0 radical (unpaired) electrons. The summed E-state index contributed by atoms with van der Waals surface area (Å²) >= 11 is 0. The molecule has 0 aromatic heterocycles. The molecule has 0 heterocycles. The average molecular weight is 310 g/mol. The monoisotopic (exact) mass is 310 g/mol. The Bertz CT molecular complexity index is 504. The highest BCUT2D eigenvalue weighted by Crippen LogP contribution is 2.61. The molecule has 2 amide bonds. The van der Waals surface area contributed by atoms with Gasteiger partial charge in [-0.1, -0.05) is 0 Å². The molecule has 0 spiro atoms. The predicted molar refractivity (Wildman–Crippen MR) is 75.0 cm³/mol. The number of ether oxygens (including phenoxy) is 1. The Labute approximate surface area is 128 Å². The lowest BCUT2D eigenvalue weighted by Crippen LogP contribution is -2.58. The number of amides is 2. The van der Waals surface area contributed by atoms with E-state index in [1.54, 1.807) is 0 Å². The number of carbonyl (C=O) groups excluding carboxylic acids is 3. The van der Waals surface area contributed by atoms with E-state index in [4.69, 9.17) is 4.74 Å². The van der Waals surface area contributed by atoms with Crippen LogP contribution < -0.4 is 10.9 Å². The molecular weight excluding hydrogens is 288 g/mol. The maximum atomic E-state index is 12.5. The standard InChI is InChI=1S/C15H22N2O5/c1-9(18)16-17-12(19)7-22-13(20)14-3-10-2-11(4-14)6-15(21,5-10)8-14/h10-11,21H,2-8H2,1H3,(H,16,18)(H,17,19)/t10-,11-,14?,15?/m0/s1. The number of rotatable bonds is 3. The van der Waals surface area contributed by atoms with Gasteiger partial charge in [0, 0.05) is 6.92 Å². The minimum absolute atomic E-state index is 0.381. The molecule has 4 aliphatic rings. The van der Waals surface area contributed by atoms with Crippen molar-refractivity contribution in [3.05, 3.63) is 0 Å². The summed E-state index contributed by atoms with van der Waals surface area (Å²) in [7, 11) is 0. The second-order valence-electron chi connectivity index (χ2n) is 7.27. The average Bonchev–Trinajstić information content (AvgIpc) is 2.39. The van der Waals surface area contributed by atoms with E-state index in [2.05, 4.69) is 10.9 Å². The van der Waals surface area contributed by atoms with Crippen LogP contribution in [-0.4, -0.2) is 35.1 Å². The molecular formula is C15H22N2O5. The van der Waals surface area contributed by atoms with Crippen molar-refractivity contribution in [1.29, 1.82) is 0 Å². The van der Waals surface area contributed by atoms with Crippen molar-refractivity contribution in [2.45, 2.75) is 51.0 Å². The highest BCUT2D eigenvalue weighted by atomic mass is 16.5. The number of nitrogens with one attached hydrogen (secondary N) is 2. The van der Waals surface area contributed by atoms with Gasteiger partial charge in [0.2, 0.25) is 5.91 Å². The van der Waals surface area contributed by atoms with Gasteiger partial charge in [-0.3, -0.25) is 25.2 Å². The third-order valence-electron chi connectivity index (χ3n) is 5.18. The van der Waals surface area contributed by atoms with Crippen LogP contribution in [0.1, 0.15) is 45.4 Å². The van der Waals surface area contributed by atoms with E-state index in [-0.39, 0.29) is 0 Å². The molecule has 4 bridgehead atoms. The molecule has 4 fully saturated rings. The molecule has 7 heteroatoms. The summed E-state index contributed by atoms with van der Waals surface area (Å²) in [6, 6.07) is 0. The fourth-order valence-corrected chi connectivity index (χ4v) is 4.93. The van der Waals surface area contributed by atoms with E-state index in [1.807, 2.05) is 0 Å². The Balaban J connectivity index is 1.58. The van der Waals surface area contributed by atoms with Gasteiger partial charge in [-0.2, -0.15) is 0 Å². The quantitative estimate of drug-likeness (QED) is 0.504. The summed E-state index contributed by atoms with van der Waals surface area (Å²) < 4.78 is 5.15. The highest BCUT2D eigenvalue weighted by Gasteiger charge is 2.60. The van der Waals surface area contributed by atoms with Crippen LogP contribution in [0.4, 0.5) is 0 Å². The molecule has 0 aromatic carbocycles. The molecule has 0 aromatic rings. The number of carbonyl (C=O) groups is 3. The Morgan fingerprint density at radius 3 is 2.32 bits per heavy atom. The SMILES string of the molecule is CC(=O)NNC(=O)COC(=O)C12C[C@@H]3C[C@H](CC(O)(C3)C1)C2. The summed E-state index contributed by atoms with van der Waals surface area (Å²) in [4.78, 5) is 34.7. The Morgan fingerprint density at radius 2 is 1.77 bits per heavy atom. The number of hydrazine groups is 1. The van der Waals surface area contributed by atoms with Crippen LogP contribution in [0.3, 0.4) is 0 Å². The summed E-state index contributed by atoms with van der Waals surface area (Å²) in [6.45, 7) is 0.844. The first-order chi connectivity index (χ1) is 10.3. The zero-order valence-corrected chi connectivity index (χ0v) is 12.7. The van der Waals surface area contributed by atoms with Crippen LogP contribution >= 0.6 is 0 Å². The van der Waals surface area contributed by atoms with Crippen molar-refractivity contribution >= 4 is 17.8 Å². The lowest BCUT2D eigenvalue weighted by atomic mass is 9.48. The maximum absolute atomic E-state index is 12.5. The van der Waals surface area contributed by atoms with E-state index < -0.39 is 35.4 Å². The first-order valence-corrected chi connectivity index (χ1v) is 7.75. The normalized spacial score (nSPS) is 38.5. The second kappa shape index (κ2) is 5.22. The van der Waals surface area contributed by atoms with Gasteiger partial charge in [0.25, 0.3) is 5.91 Å². The van der Waals surface area contributed by atoms with Crippen LogP contribution in [0.5, 0.6) is 0 Å². The van der Waals surface area contributed by atoms with Gasteiger partial charge in [-0.15, -0.1) is 0 Å². The highest BCUT2D eigenvalue weighted by molar-refractivity contribution is 5.84. The van der Waals surface area contributed by atoms with Crippen molar-refractivity contribution in [2.24, 2.45) is 17.3 Å². The largest absolute Gasteiger partial charge is 0.455 e. The lowest BCUT2D eigenvalue weighted by molar-refractivity contribution is -0.196. The molecule has 0 aliphatic heterocycles. The number of hydrogen-bond donors (Lipinski definition) is 3. The molecule has 7 nitrogen and oxygen atoms in total. The van der Waals surface area contributed by atoms with Gasteiger partial charge >= 0.3 is 5.97 Å². The van der Waals surface area contributed by atoms with Crippen molar-refractivity contribution in [3.8, 4) is 0 Å². The predicted octanol–water partition coefficient (Wildman–Crippen LogP) is 0.0282. The summed E-state index contributed by atoms with van der Waals surface area (Å²) in [5.74, 6) is -0.605. The fraction of sp³-hybridized carbons (Fsp3) is 0.800. The summed E-state index contributed by atoms with van der Waals surface area (Å²) in [6.07, 6.45) is 4.58. The third-order valence-corrected chi connectivity index (χ3v) is 5.18. The zero-order chi connectivity index (χ0) is 16.0. The van der Waals surface area contributed by atoms with Crippen LogP contribution in [0.15, 0.2) is 0 Å². The van der Waals surface area contributed by atoms with Gasteiger partial charge in [-0.25, -0.2) is 0 Å². The molecule has 22 heavy (non-hydrogen) atoms. The Kier molecular flexibility index (Phi) is 3.63. The molecule has 4 saturated carbocycles. The van der Waals surface area contributed by atoms with E-state index >= 15 is 0 Å².